The Morgan fingerprint density at radius 3 is 2.36 bits per heavy atom. The number of rotatable bonds is 9. The number of nitro groups is 1. The standard InChI is InChI=1S/C22H20BrN3O6S/c1-32-21-12-9-17(26(28)29)14-19(21)24-22(27)20(13-15-5-3-2-4-6-15)25-33(30,31)18-10-7-16(23)8-11-18/h2-12,14,20,25H,13H2,1H3,(H,24,27). The monoisotopic (exact) mass is 533 g/mol. The average molecular weight is 534 g/mol. The van der Waals surface area contributed by atoms with Crippen molar-refractivity contribution in [1.29, 1.82) is 0 Å². The lowest BCUT2D eigenvalue weighted by Crippen LogP contribution is -2.45. The van der Waals surface area contributed by atoms with E-state index in [-0.39, 0.29) is 28.4 Å². The Morgan fingerprint density at radius 1 is 1.09 bits per heavy atom. The van der Waals surface area contributed by atoms with Gasteiger partial charge in [0, 0.05) is 16.6 Å². The number of halogens is 1. The van der Waals surface area contributed by atoms with Crippen LogP contribution in [0.3, 0.4) is 0 Å². The summed E-state index contributed by atoms with van der Waals surface area (Å²) in [6.07, 6.45) is 0.0552. The SMILES string of the molecule is COc1ccc([N+](=O)[O-])cc1NC(=O)C(Cc1ccccc1)NS(=O)(=O)c1ccc(Br)cc1. The average Bonchev–Trinajstić information content (AvgIpc) is 2.79. The predicted molar refractivity (Wildman–Crippen MR) is 127 cm³/mol. The highest BCUT2D eigenvalue weighted by atomic mass is 79.9. The van der Waals surface area contributed by atoms with Gasteiger partial charge in [-0.1, -0.05) is 46.3 Å². The van der Waals surface area contributed by atoms with Crippen molar-refractivity contribution in [1.82, 2.24) is 4.72 Å². The van der Waals surface area contributed by atoms with Gasteiger partial charge in [-0.25, -0.2) is 8.42 Å². The van der Waals surface area contributed by atoms with Gasteiger partial charge in [0.1, 0.15) is 11.8 Å². The Kier molecular flexibility index (Phi) is 7.79. The lowest BCUT2D eigenvalue weighted by atomic mass is 10.1. The van der Waals surface area contributed by atoms with Crippen LogP contribution in [0.5, 0.6) is 5.75 Å². The van der Waals surface area contributed by atoms with E-state index in [4.69, 9.17) is 4.74 Å². The molecule has 1 atom stereocenters. The number of sulfonamides is 1. The molecule has 1 unspecified atom stereocenters. The maximum absolute atomic E-state index is 13.2. The van der Waals surface area contributed by atoms with Gasteiger partial charge in [0.15, 0.2) is 0 Å². The molecule has 3 rings (SSSR count). The van der Waals surface area contributed by atoms with Crippen LogP contribution in [-0.4, -0.2) is 32.4 Å². The fourth-order valence-corrected chi connectivity index (χ4v) is 4.49. The molecule has 1 amide bonds. The molecule has 0 aliphatic carbocycles. The van der Waals surface area contributed by atoms with Crippen molar-refractivity contribution >= 4 is 43.2 Å². The van der Waals surface area contributed by atoms with Crippen LogP contribution in [0, 0.1) is 10.1 Å². The normalized spacial score (nSPS) is 12.1. The third-order valence-electron chi connectivity index (χ3n) is 4.67. The number of nitrogens with zero attached hydrogens (tertiary/aromatic N) is 1. The topological polar surface area (TPSA) is 128 Å². The number of anilines is 1. The van der Waals surface area contributed by atoms with Gasteiger partial charge in [0.2, 0.25) is 15.9 Å². The van der Waals surface area contributed by atoms with Gasteiger partial charge >= 0.3 is 0 Å². The van der Waals surface area contributed by atoms with Crippen molar-refractivity contribution in [2.24, 2.45) is 0 Å². The van der Waals surface area contributed by atoms with Crippen molar-refractivity contribution in [3.05, 3.63) is 92.9 Å². The van der Waals surface area contributed by atoms with Gasteiger partial charge in [0.25, 0.3) is 5.69 Å². The third-order valence-corrected chi connectivity index (χ3v) is 6.69. The molecular formula is C22H20BrN3O6S. The lowest BCUT2D eigenvalue weighted by molar-refractivity contribution is -0.384. The van der Waals surface area contributed by atoms with E-state index in [1.807, 2.05) is 0 Å². The summed E-state index contributed by atoms with van der Waals surface area (Å²) in [5.74, 6) is -0.499. The number of benzene rings is 3. The second-order valence-corrected chi connectivity index (χ2v) is 9.58. The van der Waals surface area contributed by atoms with Gasteiger partial charge in [-0.2, -0.15) is 4.72 Å². The summed E-state index contributed by atoms with van der Waals surface area (Å²) in [5.41, 5.74) is 0.529. The molecule has 0 bridgehead atoms. The quantitative estimate of drug-likeness (QED) is 0.317. The van der Waals surface area contributed by atoms with E-state index in [9.17, 15) is 23.3 Å². The number of nitrogens with one attached hydrogen (secondary N) is 2. The Bertz CT molecular complexity index is 1250. The van der Waals surface area contributed by atoms with E-state index < -0.39 is 26.9 Å². The molecule has 0 aliphatic rings. The summed E-state index contributed by atoms with van der Waals surface area (Å²) in [6.45, 7) is 0. The molecule has 0 spiro atoms. The van der Waals surface area contributed by atoms with E-state index >= 15 is 0 Å². The fraction of sp³-hybridized carbons (Fsp3) is 0.136. The minimum atomic E-state index is -4.04. The summed E-state index contributed by atoms with van der Waals surface area (Å²) in [5, 5.41) is 13.7. The summed E-state index contributed by atoms with van der Waals surface area (Å²) in [7, 11) is -2.69. The van der Waals surface area contributed by atoms with Crippen LogP contribution in [0.2, 0.25) is 0 Å². The van der Waals surface area contributed by atoms with Crippen molar-refractivity contribution in [3.63, 3.8) is 0 Å². The summed E-state index contributed by atoms with van der Waals surface area (Å²) in [6, 6.07) is 17.4. The highest BCUT2D eigenvalue weighted by Gasteiger charge is 2.27. The zero-order valence-corrected chi connectivity index (χ0v) is 19.8. The third kappa shape index (κ3) is 6.37. The molecule has 3 aromatic carbocycles. The molecule has 0 heterocycles. The number of nitro benzene ring substituents is 1. The Morgan fingerprint density at radius 2 is 1.76 bits per heavy atom. The van der Waals surface area contributed by atoms with Crippen molar-refractivity contribution < 1.29 is 22.9 Å². The molecule has 0 fully saturated rings. The van der Waals surface area contributed by atoms with Crippen LogP contribution in [0.1, 0.15) is 5.56 Å². The molecule has 0 saturated carbocycles. The van der Waals surface area contributed by atoms with Crippen LogP contribution in [-0.2, 0) is 21.2 Å². The zero-order chi connectivity index (χ0) is 24.0. The molecule has 9 nitrogen and oxygen atoms in total. The van der Waals surface area contributed by atoms with Gasteiger partial charge < -0.3 is 10.1 Å². The van der Waals surface area contributed by atoms with Crippen molar-refractivity contribution in [2.75, 3.05) is 12.4 Å². The van der Waals surface area contributed by atoms with E-state index in [0.29, 0.717) is 4.47 Å². The van der Waals surface area contributed by atoms with Crippen molar-refractivity contribution in [3.8, 4) is 5.75 Å². The molecule has 33 heavy (non-hydrogen) atoms. The number of amides is 1. The molecule has 11 heteroatoms. The first-order valence-corrected chi connectivity index (χ1v) is 11.9. The second kappa shape index (κ2) is 10.6. The van der Waals surface area contributed by atoms with Gasteiger partial charge in [-0.15, -0.1) is 0 Å². The Balaban J connectivity index is 1.92. The van der Waals surface area contributed by atoms with Crippen LogP contribution >= 0.6 is 15.9 Å². The number of methoxy groups -OCH3 is 1. The Hall–Kier alpha value is -3.28. The van der Waals surface area contributed by atoms with Crippen LogP contribution in [0.25, 0.3) is 0 Å². The minimum Gasteiger partial charge on any atom is -0.495 e. The number of non-ortho nitro benzene ring substituents is 1. The molecule has 0 aromatic heterocycles. The van der Waals surface area contributed by atoms with E-state index in [2.05, 4.69) is 26.0 Å². The maximum Gasteiger partial charge on any atom is 0.271 e. The van der Waals surface area contributed by atoms with Crippen molar-refractivity contribution in [2.45, 2.75) is 17.4 Å². The Labute approximate surface area is 199 Å². The first-order chi connectivity index (χ1) is 15.7. The molecule has 0 aliphatic heterocycles. The van der Waals surface area contributed by atoms with E-state index in [0.717, 1.165) is 11.6 Å². The predicted octanol–water partition coefficient (Wildman–Crippen LogP) is 3.89. The number of hydrogen-bond donors (Lipinski definition) is 2. The zero-order valence-electron chi connectivity index (χ0n) is 17.4. The maximum atomic E-state index is 13.2. The summed E-state index contributed by atoms with van der Waals surface area (Å²) < 4.78 is 34.2. The summed E-state index contributed by atoms with van der Waals surface area (Å²) in [4.78, 5) is 23.7. The fourth-order valence-electron chi connectivity index (χ4n) is 3.03. The van der Waals surface area contributed by atoms with E-state index in [1.165, 1.54) is 31.4 Å². The molecule has 2 N–H and O–H groups in total. The number of carbonyl (C=O) groups is 1. The molecule has 3 aromatic rings. The first kappa shape index (κ1) is 24.4. The largest absolute Gasteiger partial charge is 0.495 e. The first-order valence-electron chi connectivity index (χ1n) is 9.65. The smallest absolute Gasteiger partial charge is 0.271 e. The van der Waals surface area contributed by atoms with Gasteiger partial charge in [-0.3, -0.25) is 14.9 Å². The molecule has 0 saturated heterocycles. The summed E-state index contributed by atoms with van der Waals surface area (Å²) >= 11 is 3.26. The van der Waals surface area contributed by atoms with E-state index in [1.54, 1.807) is 42.5 Å². The van der Waals surface area contributed by atoms with Gasteiger partial charge in [0.05, 0.1) is 22.6 Å². The van der Waals surface area contributed by atoms with Crippen LogP contribution < -0.4 is 14.8 Å². The number of ether oxygens (including phenoxy) is 1. The highest BCUT2D eigenvalue weighted by molar-refractivity contribution is 9.10. The molecule has 0 radical (unpaired) electrons. The van der Waals surface area contributed by atoms with Crippen LogP contribution in [0.4, 0.5) is 11.4 Å². The second-order valence-electron chi connectivity index (χ2n) is 6.95. The lowest BCUT2D eigenvalue weighted by Gasteiger charge is -2.19. The molecular weight excluding hydrogens is 514 g/mol. The van der Waals surface area contributed by atoms with Gasteiger partial charge in [-0.05, 0) is 42.3 Å². The highest BCUT2D eigenvalue weighted by Crippen LogP contribution is 2.29. The number of carbonyl (C=O) groups excluding carboxylic acids is 1. The van der Waals surface area contributed by atoms with Crippen LogP contribution in [0.15, 0.2) is 82.2 Å². The molecule has 172 valence electrons. The minimum absolute atomic E-state index is 0.00973. The number of hydrogen-bond acceptors (Lipinski definition) is 6.